The number of hydrogen-bond donors (Lipinski definition) is 1. The van der Waals surface area contributed by atoms with Crippen molar-refractivity contribution in [3.05, 3.63) is 59.7 Å². The highest BCUT2D eigenvalue weighted by Gasteiger charge is 2.23. The van der Waals surface area contributed by atoms with Crippen molar-refractivity contribution in [3.8, 4) is 0 Å². The number of amides is 1. The third kappa shape index (κ3) is 5.07. The number of rotatable bonds is 7. The van der Waals surface area contributed by atoms with Crippen molar-refractivity contribution in [1.29, 1.82) is 0 Å². The number of para-hydroxylation sites is 2. The Balaban J connectivity index is 2.30. The van der Waals surface area contributed by atoms with Crippen molar-refractivity contribution in [1.82, 2.24) is 0 Å². The lowest BCUT2D eigenvalue weighted by atomic mass is 10.1. The number of sulfonamides is 1. The summed E-state index contributed by atoms with van der Waals surface area (Å²) >= 11 is 0. The maximum absolute atomic E-state index is 12.5. The standard InChI is InChI=1S/C19H22N2O5S/c1-4-14-9-5-8-12-17(14)21(27(3,24)25)13-18(22)20-16-11-7-6-10-15(16)19(23)26-2/h5-12H,4,13H2,1-3H3,(H,20,22). The second-order valence-corrected chi connectivity index (χ2v) is 7.74. The van der Waals surface area contributed by atoms with Crippen molar-refractivity contribution in [2.24, 2.45) is 0 Å². The first-order chi connectivity index (χ1) is 12.8. The van der Waals surface area contributed by atoms with Crippen LogP contribution in [0.2, 0.25) is 0 Å². The van der Waals surface area contributed by atoms with Crippen LogP contribution in [0.5, 0.6) is 0 Å². The highest BCUT2D eigenvalue weighted by molar-refractivity contribution is 7.92. The molecule has 0 aromatic heterocycles. The molecule has 2 aromatic carbocycles. The lowest BCUT2D eigenvalue weighted by Gasteiger charge is -2.24. The Labute approximate surface area is 159 Å². The van der Waals surface area contributed by atoms with Crippen molar-refractivity contribution in [2.75, 3.05) is 29.5 Å². The van der Waals surface area contributed by atoms with Gasteiger partial charge in [0.2, 0.25) is 15.9 Å². The minimum atomic E-state index is -3.69. The van der Waals surface area contributed by atoms with Gasteiger partial charge in [-0.1, -0.05) is 37.3 Å². The molecule has 0 aliphatic heterocycles. The summed E-state index contributed by atoms with van der Waals surface area (Å²) in [4.78, 5) is 24.4. The SMILES string of the molecule is CCc1ccccc1N(CC(=O)Nc1ccccc1C(=O)OC)S(C)(=O)=O. The van der Waals surface area contributed by atoms with Crippen LogP contribution in [-0.2, 0) is 26.0 Å². The first kappa shape index (κ1) is 20.4. The van der Waals surface area contributed by atoms with Gasteiger partial charge in [0.1, 0.15) is 6.54 Å². The number of carbonyl (C=O) groups excluding carboxylic acids is 2. The normalized spacial score (nSPS) is 10.9. The van der Waals surface area contributed by atoms with E-state index in [4.69, 9.17) is 4.74 Å². The Morgan fingerprint density at radius 3 is 2.33 bits per heavy atom. The van der Waals surface area contributed by atoms with Crippen LogP contribution in [0.1, 0.15) is 22.8 Å². The lowest BCUT2D eigenvalue weighted by Crippen LogP contribution is -2.38. The minimum Gasteiger partial charge on any atom is -0.465 e. The van der Waals surface area contributed by atoms with E-state index < -0.39 is 28.4 Å². The van der Waals surface area contributed by atoms with Crippen LogP contribution in [0, 0.1) is 0 Å². The molecule has 0 atom stereocenters. The van der Waals surface area contributed by atoms with Gasteiger partial charge in [-0.25, -0.2) is 13.2 Å². The van der Waals surface area contributed by atoms with E-state index in [2.05, 4.69) is 5.32 Å². The Kier molecular flexibility index (Phi) is 6.57. The van der Waals surface area contributed by atoms with E-state index in [0.29, 0.717) is 12.1 Å². The molecule has 1 N–H and O–H groups in total. The Morgan fingerprint density at radius 1 is 1.07 bits per heavy atom. The van der Waals surface area contributed by atoms with Crippen LogP contribution in [-0.4, -0.2) is 40.2 Å². The topological polar surface area (TPSA) is 92.8 Å². The molecular weight excluding hydrogens is 368 g/mol. The van der Waals surface area contributed by atoms with Crippen molar-refractivity contribution in [2.45, 2.75) is 13.3 Å². The quantitative estimate of drug-likeness (QED) is 0.733. The number of esters is 1. The summed E-state index contributed by atoms with van der Waals surface area (Å²) < 4.78 is 30.3. The molecule has 7 nitrogen and oxygen atoms in total. The summed E-state index contributed by atoms with van der Waals surface area (Å²) in [6, 6.07) is 13.4. The molecule has 0 spiro atoms. The molecule has 0 radical (unpaired) electrons. The average Bonchev–Trinajstić information content (AvgIpc) is 2.65. The molecule has 0 heterocycles. The zero-order valence-electron chi connectivity index (χ0n) is 15.4. The van der Waals surface area contributed by atoms with Crippen LogP contribution in [0.15, 0.2) is 48.5 Å². The molecule has 144 valence electrons. The van der Waals surface area contributed by atoms with Crippen molar-refractivity contribution >= 4 is 33.3 Å². The predicted molar refractivity (Wildman–Crippen MR) is 104 cm³/mol. The number of carbonyl (C=O) groups is 2. The number of ether oxygens (including phenoxy) is 1. The van der Waals surface area contributed by atoms with Gasteiger partial charge in [0.15, 0.2) is 0 Å². The number of nitrogens with zero attached hydrogens (tertiary/aromatic N) is 1. The van der Waals surface area contributed by atoms with E-state index >= 15 is 0 Å². The lowest BCUT2D eigenvalue weighted by molar-refractivity contribution is -0.114. The molecule has 8 heteroatoms. The Bertz CT molecular complexity index is 941. The third-order valence-electron chi connectivity index (χ3n) is 3.94. The second-order valence-electron chi connectivity index (χ2n) is 5.84. The van der Waals surface area contributed by atoms with E-state index in [1.54, 1.807) is 30.3 Å². The number of methoxy groups -OCH3 is 1. The number of aryl methyl sites for hydroxylation is 1. The summed E-state index contributed by atoms with van der Waals surface area (Å²) in [7, 11) is -2.44. The van der Waals surface area contributed by atoms with E-state index in [0.717, 1.165) is 16.1 Å². The average molecular weight is 390 g/mol. The number of anilines is 2. The van der Waals surface area contributed by atoms with Gasteiger partial charge in [0.25, 0.3) is 0 Å². The summed E-state index contributed by atoms with van der Waals surface area (Å²) in [6.07, 6.45) is 1.67. The fourth-order valence-corrected chi connectivity index (χ4v) is 3.52. The van der Waals surface area contributed by atoms with Gasteiger partial charge in [0.05, 0.1) is 30.3 Å². The molecule has 0 bridgehead atoms. The van der Waals surface area contributed by atoms with Crippen molar-refractivity contribution < 1.29 is 22.7 Å². The highest BCUT2D eigenvalue weighted by Crippen LogP contribution is 2.24. The molecule has 0 saturated heterocycles. The van der Waals surface area contributed by atoms with E-state index in [-0.39, 0.29) is 11.3 Å². The summed E-state index contributed by atoms with van der Waals surface area (Å²) in [5.74, 6) is -1.16. The predicted octanol–water partition coefficient (Wildman–Crippen LogP) is 2.44. The number of hydrogen-bond acceptors (Lipinski definition) is 5. The molecule has 2 aromatic rings. The number of nitrogens with one attached hydrogen (secondary N) is 1. The molecule has 0 unspecified atom stereocenters. The first-order valence-corrected chi connectivity index (χ1v) is 10.2. The minimum absolute atomic E-state index is 0.188. The summed E-state index contributed by atoms with van der Waals surface area (Å²) in [5.41, 5.74) is 1.71. The van der Waals surface area contributed by atoms with Crippen LogP contribution in [0.3, 0.4) is 0 Å². The monoisotopic (exact) mass is 390 g/mol. The van der Waals surface area contributed by atoms with Crippen LogP contribution in [0.4, 0.5) is 11.4 Å². The van der Waals surface area contributed by atoms with Gasteiger partial charge in [-0.2, -0.15) is 0 Å². The molecule has 1 amide bonds. The second kappa shape index (κ2) is 8.68. The third-order valence-corrected chi connectivity index (χ3v) is 5.06. The molecule has 0 fully saturated rings. The maximum Gasteiger partial charge on any atom is 0.339 e. The molecular formula is C19H22N2O5S. The molecule has 0 aliphatic carbocycles. The number of benzene rings is 2. The van der Waals surface area contributed by atoms with E-state index in [9.17, 15) is 18.0 Å². The Morgan fingerprint density at radius 2 is 1.70 bits per heavy atom. The van der Waals surface area contributed by atoms with Gasteiger partial charge in [0, 0.05) is 0 Å². The zero-order valence-corrected chi connectivity index (χ0v) is 16.2. The molecule has 0 aliphatic rings. The fourth-order valence-electron chi connectivity index (χ4n) is 2.63. The fraction of sp³-hybridized carbons (Fsp3) is 0.263. The van der Waals surface area contributed by atoms with Crippen LogP contribution >= 0.6 is 0 Å². The Hall–Kier alpha value is -2.87. The van der Waals surface area contributed by atoms with Gasteiger partial charge >= 0.3 is 5.97 Å². The molecule has 2 rings (SSSR count). The maximum atomic E-state index is 12.5. The smallest absolute Gasteiger partial charge is 0.339 e. The van der Waals surface area contributed by atoms with Gasteiger partial charge < -0.3 is 10.1 Å². The van der Waals surface area contributed by atoms with Gasteiger partial charge in [-0.15, -0.1) is 0 Å². The van der Waals surface area contributed by atoms with Gasteiger partial charge in [-0.05, 0) is 30.2 Å². The zero-order chi connectivity index (χ0) is 20.0. The largest absolute Gasteiger partial charge is 0.465 e. The van der Waals surface area contributed by atoms with E-state index in [1.807, 2.05) is 19.1 Å². The first-order valence-electron chi connectivity index (χ1n) is 8.30. The van der Waals surface area contributed by atoms with Crippen molar-refractivity contribution in [3.63, 3.8) is 0 Å². The van der Waals surface area contributed by atoms with Crippen LogP contribution < -0.4 is 9.62 Å². The van der Waals surface area contributed by atoms with E-state index in [1.165, 1.54) is 13.2 Å². The molecule has 0 saturated carbocycles. The van der Waals surface area contributed by atoms with Gasteiger partial charge in [-0.3, -0.25) is 9.10 Å². The summed E-state index contributed by atoms with van der Waals surface area (Å²) in [6.45, 7) is 1.50. The highest BCUT2D eigenvalue weighted by atomic mass is 32.2. The molecule has 27 heavy (non-hydrogen) atoms. The summed E-state index contributed by atoms with van der Waals surface area (Å²) in [5, 5.41) is 2.59. The van der Waals surface area contributed by atoms with Crippen LogP contribution in [0.25, 0.3) is 0 Å².